The first-order valence-corrected chi connectivity index (χ1v) is 11.5. The van der Waals surface area contributed by atoms with Crippen molar-refractivity contribution in [3.8, 4) is 11.5 Å². The molecular formula is C24H28N2O2S2. The molecule has 0 saturated heterocycles. The molecule has 1 aliphatic rings. The molecule has 158 valence electrons. The Hall–Kier alpha value is -2.44. The van der Waals surface area contributed by atoms with Crippen LogP contribution in [0.1, 0.15) is 13.8 Å². The van der Waals surface area contributed by atoms with Crippen molar-refractivity contribution in [1.29, 1.82) is 0 Å². The fourth-order valence-electron chi connectivity index (χ4n) is 3.12. The number of nitrogens with one attached hydrogen (secondary N) is 1. The van der Waals surface area contributed by atoms with Crippen LogP contribution in [0.5, 0.6) is 11.5 Å². The van der Waals surface area contributed by atoms with Crippen LogP contribution in [0.2, 0.25) is 0 Å². The second kappa shape index (κ2) is 10.5. The Morgan fingerprint density at radius 2 is 1.87 bits per heavy atom. The largest absolute Gasteiger partial charge is 0.497 e. The Bertz CT molecular complexity index is 970. The molecule has 1 aliphatic heterocycles. The van der Waals surface area contributed by atoms with Gasteiger partial charge < -0.3 is 19.7 Å². The van der Waals surface area contributed by atoms with Gasteiger partial charge in [0.25, 0.3) is 0 Å². The predicted molar refractivity (Wildman–Crippen MR) is 131 cm³/mol. The summed E-state index contributed by atoms with van der Waals surface area (Å²) in [5.74, 6) is 1.72. The van der Waals surface area contributed by atoms with Crippen LogP contribution < -0.4 is 19.7 Å². The number of thioether (sulfide) groups is 2. The van der Waals surface area contributed by atoms with Crippen molar-refractivity contribution in [3.63, 3.8) is 0 Å². The first kappa shape index (κ1) is 22.2. The van der Waals surface area contributed by atoms with E-state index in [-0.39, 0.29) is 0 Å². The lowest BCUT2D eigenvalue weighted by Crippen LogP contribution is -2.16. The lowest BCUT2D eigenvalue weighted by molar-refractivity contribution is 0.414. The average Bonchev–Trinajstić information content (AvgIpc) is 3.11. The summed E-state index contributed by atoms with van der Waals surface area (Å²) in [6.45, 7) is 10.2. The Morgan fingerprint density at radius 1 is 1.13 bits per heavy atom. The molecule has 1 N–H and O–H groups in total. The van der Waals surface area contributed by atoms with Gasteiger partial charge in [-0.25, -0.2) is 0 Å². The van der Waals surface area contributed by atoms with E-state index in [1.54, 1.807) is 37.7 Å². The highest BCUT2D eigenvalue weighted by atomic mass is 32.2. The number of anilines is 2. The molecule has 1 heterocycles. The fraction of sp³-hybridized carbons (Fsp3) is 0.250. The molecule has 0 bridgehead atoms. The molecule has 30 heavy (non-hydrogen) atoms. The third-order valence-electron chi connectivity index (χ3n) is 4.57. The van der Waals surface area contributed by atoms with Crippen LogP contribution in [-0.2, 0) is 0 Å². The number of rotatable bonds is 9. The molecule has 0 aliphatic carbocycles. The van der Waals surface area contributed by atoms with Crippen LogP contribution in [0.25, 0.3) is 0 Å². The molecule has 0 saturated carbocycles. The Labute approximate surface area is 188 Å². The summed E-state index contributed by atoms with van der Waals surface area (Å²) in [5, 5.41) is 4.59. The number of hydrogen-bond acceptors (Lipinski definition) is 6. The van der Waals surface area contributed by atoms with Gasteiger partial charge in [-0.1, -0.05) is 36.2 Å². The van der Waals surface area contributed by atoms with E-state index < -0.39 is 0 Å². The summed E-state index contributed by atoms with van der Waals surface area (Å²) in [6, 6.07) is 12.3. The molecule has 0 aromatic heterocycles. The zero-order chi connectivity index (χ0) is 21.5. The normalized spacial score (nSPS) is 14.3. The van der Waals surface area contributed by atoms with Gasteiger partial charge in [0.15, 0.2) is 0 Å². The van der Waals surface area contributed by atoms with Crippen LogP contribution in [-0.4, -0.2) is 27.3 Å². The maximum atomic E-state index is 5.38. The monoisotopic (exact) mass is 440 g/mol. The highest BCUT2D eigenvalue weighted by Gasteiger charge is 2.23. The van der Waals surface area contributed by atoms with Crippen LogP contribution in [0.4, 0.5) is 11.4 Å². The molecule has 6 heteroatoms. The van der Waals surface area contributed by atoms with Crippen molar-refractivity contribution < 1.29 is 9.47 Å². The lowest BCUT2D eigenvalue weighted by Gasteiger charge is -2.18. The number of nitrogens with zero attached hydrogens (tertiary/aromatic N) is 1. The van der Waals surface area contributed by atoms with Crippen molar-refractivity contribution in [2.24, 2.45) is 0 Å². The lowest BCUT2D eigenvalue weighted by atomic mass is 10.2. The smallest absolute Gasteiger partial charge is 0.121 e. The summed E-state index contributed by atoms with van der Waals surface area (Å²) >= 11 is 3.42. The first-order valence-electron chi connectivity index (χ1n) is 9.90. The van der Waals surface area contributed by atoms with Gasteiger partial charge in [-0.15, -0.1) is 0 Å². The van der Waals surface area contributed by atoms with E-state index in [0.717, 1.165) is 40.1 Å². The summed E-state index contributed by atoms with van der Waals surface area (Å²) in [7, 11) is 3.38. The Kier molecular flexibility index (Phi) is 7.82. The predicted octanol–water partition coefficient (Wildman–Crippen LogP) is 6.77. The standard InChI is InChI=1S/C24H28N2O2S2/c1-6-25-20-15-18(27-4)11-13-22(20)29-17(3)9-8-10-24-26(7-2)21-16-19(28-5)12-14-23(21)30-24/h8-16,25H,3,6-7H2,1-2,4-5H3/b9-8+,24-10+. The van der Waals surface area contributed by atoms with Crippen LogP contribution in [0, 0.1) is 0 Å². The van der Waals surface area contributed by atoms with E-state index in [2.05, 4.69) is 67.1 Å². The highest BCUT2D eigenvalue weighted by Crippen LogP contribution is 2.47. The molecule has 2 aromatic carbocycles. The van der Waals surface area contributed by atoms with E-state index in [1.807, 2.05) is 18.2 Å². The second-order valence-electron chi connectivity index (χ2n) is 6.50. The van der Waals surface area contributed by atoms with Crippen molar-refractivity contribution in [2.45, 2.75) is 23.6 Å². The van der Waals surface area contributed by atoms with Gasteiger partial charge in [0.2, 0.25) is 0 Å². The maximum Gasteiger partial charge on any atom is 0.121 e. The number of allylic oxidation sites excluding steroid dienone is 3. The summed E-state index contributed by atoms with van der Waals surface area (Å²) in [4.78, 5) is 5.65. The van der Waals surface area contributed by atoms with Gasteiger partial charge in [0.05, 0.1) is 30.6 Å². The average molecular weight is 441 g/mol. The Morgan fingerprint density at radius 3 is 2.57 bits per heavy atom. The van der Waals surface area contributed by atoms with Gasteiger partial charge in [-0.2, -0.15) is 0 Å². The number of fused-ring (bicyclic) bond motifs is 1. The van der Waals surface area contributed by atoms with Crippen LogP contribution >= 0.6 is 23.5 Å². The van der Waals surface area contributed by atoms with Crippen LogP contribution in [0.3, 0.4) is 0 Å². The fourth-order valence-corrected chi connectivity index (χ4v) is 5.05. The van der Waals surface area contributed by atoms with Crippen molar-refractivity contribution in [1.82, 2.24) is 0 Å². The topological polar surface area (TPSA) is 33.7 Å². The zero-order valence-electron chi connectivity index (χ0n) is 17.9. The highest BCUT2D eigenvalue weighted by molar-refractivity contribution is 8.03. The molecule has 2 aromatic rings. The first-order chi connectivity index (χ1) is 14.6. The van der Waals surface area contributed by atoms with Gasteiger partial charge in [-0.05, 0) is 50.3 Å². The van der Waals surface area contributed by atoms with Gasteiger partial charge in [0, 0.05) is 39.9 Å². The molecule has 0 atom stereocenters. The maximum absolute atomic E-state index is 5.38. The second-order valence-corrected chi connectivity index (χ2v) is 8.74. The quantitative estimate of drug-likeness (QED) is 0.342. The minimum Gasteiger partial charge on any atom is -0.497 e. The van der Waals surface area contributed by atoms with E-state index >= 15 is 0 Å². The molecular weight excluding hydrogens is 412 g/mol. The number of ether oxygens (including phenoxy) is 2. The van der Waals surface area contributed by atoms with Crippen molar-refractivity contribution in [2.75, 3.05) is 37.5 Å². The minimum absolute atomic E-state index is 0.843. The summed E-state index contributed by atoms with van der Waals surface area (Å²) < 4.78 is 10.7. The van der Waals surface area contributed by atoms with E-state index in [1.165, 1.54) is 15.6 Å². The Balaban J connectivity index is 1.70. The van der Waals surface area contributed by atoms with Crippen molar-refractivity contribution in [3.05, 3.63) is 71.1 Å². The summed E-state index contributed by atoms with van der Waals surface area (Å²) in [5.41, 5.74) is 2.26. The third-order valence-corrected chi connectivity index (χ3v) is 6.67. The third kappa shape index (κ3) is 5.18. The van der Waals surface area contributed by atoms with Crippen LogP contribution in [0.15, 0.2) is 80.9 Å². The molecule has 3 rings (SSSR count). The number of methoxy groups -OCH3 is 2. The van der Waals surface area contributed by atoms with Gasteiger partial charge in [0.1, 0.15) is 11.5 Å². The molecule has 4 nitrogen and oxygen atoms in total. The van der Waals surface area contributed by atoms with Crippen molar-refractivity contribution >= 4 is 34.9 Å². The SMILES string of the molecule is C=C(/C=C/C=C1/Sc2ccc(OC)cc2N1CC)Sc1ccc(OC)cc1NCC. The van der Waals surface area contributed by atoms with E-state index in [4.69, 9.17) is 9.47 Å². The molecule has 0 unspecified atom stereocenters. The number of hydrogen-bond donors (Lipinski definition) is 1. The molecule has 0 fully saturated rings. The van der Waals surface area contributed by atoms with Gasteiger partial charge in [-0.3, -0.25) is 0 Å². The molecule has 0 amide bonds. The molecule has 0 radical (unpaired) electrons. The van der Waals surface area contributed by atoms with Gasteiger partial charge >= 0.3 is 0 Å². The van der Waals surface area contributed by atoms with E-state index in [0.29, 0.717) is 0 Å². The zero-order valence-corrected chi connectivity index (χ0v) is 19.5. The number of benzene rings is 2. The minimum atomic E-state index is 0.843. The molecule has 0 spiro atoms. The summed E-state index contributed by atoms with van der Waals surface area (Å²) in [6.07, 6.45) is 6.26. The van der Waals surface area contributed by atoms with E-state index in [9.17, 15) is 0 Å².